The summed E-state index contributed by atoms with van der Waals surface area (Å²) in [7, 11) is 0. The predicted molar refractivity (Wildman–Crippen MR) is 112 cm³/mol. The van der Waals surface area contributed by atoms with E-state index in [-0.39, 0.29) is 10.7 Å². The topological polar surface area (TPSA) is 95.9 Å². The number of carbonyl (C=O) groups is 3. The Morgan fingerprint density at radius 1 is 1.17 bits per heavy atom. The molecule has 0 bridgehead atoms. The Bertz CT molecular complexity index is 1030. The van der Waals surface area contributed by atoms with Crippen LogP contribution >= 0.6 is 12.2 Å². The van der Waals surface area contributed by atoms with Crippen LogP contribution in [0.5, 0.6) is 5.75 Å². The molecule has 2 amide bonds. The van der Waals surface area contributed by atoms with Gasteiger partial charge in [0.25, 0.3) is 11.8 Å². The summed E-state index contributed by atoms with van der Waals surface area (Å²) >= 11 is 5.20. The molecular formula is C21H18N2O5S. The zero-order valence-corrected chi connectivity index (χ0v) is 16.5. The van der Waals surface area contributed by atoms with E-state index < -0.39 is 23.9 Å². The number of carboxylic acids is 1. The third-order valence-corrected chi connectivity index (χ3v) is 4.59. The molecule has 7 nitrogen and oxygen atoms in total. The van der Waals surface area contributed by atoms with Gasteiger partial charge in [0.1, 0.15) is 11.3 Å². The Hall–Kier alpha value is -3.52. The monoisotopic (exact) mass is 410 g/mol. The number of anilines is 1. The number of para-hydroxylation sites is 1. The molecule has 1 heterocycles. The Morgan fingerprint density at radius 2 is 1.83 bits per heavy atom. The molecule has 0 aliphatic carbocycles. The van der Waals surface area contributed by atoms with Gasteiger partial charge in [-0.1, -0.05) is 30.3 Å². The van der Waals surface area contributed by atoms with E-state index in [4.69, 9.17) is 22.1 Å². The summed E-state index contributed by atoms with van der Waals surface area (Å²) in [5.74, 6) is -1.81. The maximum Gasteiger partial charge on any atom is 0.344 e. The van der Waals surface area contributed by atoms with Crippen LogP contribution in [0.4, 0.5) is 5.69 Å². The van der Waals surface area contributed by atoms with Crippen LogP contribution in [0.25, 0.3) is 6.08 Å². The highest BCUT2D eigenvalue weighted by atomic mass is 32.1. The Morgan fingerprint density at radius 3 is 2.45 bits per heavy atom. The van der Waals surface area contributed by atoms with Crippen molar-refractivity contribution in [3.63, 3.8) is 0 Å². The molecule has 29 heavy (non-hydrogen) atoms. The molecule has 2 aromatic rings. The Balaban J connectivity index is 1.89. The van der Waals surface area contributed by atoms with Gasteiger partial charge >= 0.3 is 5.97 Å². The minimum absolute atomic E-state index is 0.0258. The van der Waals surface area contributed by atoms with Gasteiger partial charge in [0.15, 0.2) is 11.2 Å². The van der Waals surface area contributed by atoms with Crippen molar-refractivity contribution in [2.24, 2.45) is 0 Å². The SMILES string of the molecule is Cc1ccccc1N1C(=O)/C(=C\c2ccc(O[C@H](C)C(=O)O)cc2)C(=O)NC1=S. The van der Waals surface area contributed by atoms with Gasteiger partial charge in [-0.3, -0.25) is 19.8 Å². The molecule has 1 fully saturated rings. The number of amides is 2. The number of hydrogen-bond donors (Lipinski definition) is 2. The molecule has 8 heteroatoms. The second kappa shape index (κ2) is 8.24. The zero-order chi connectivity index (χ0) is 21.1. The number of nitrogens with one attached hydrogen (secondary N) is 1. The summed E-state index contributed by atoms with van der Waals surface area (Å²) in [5.41, 5.74) is 1.96. The molecule has 3 rings (SSSR count). The number of benzene rings is 2. The number of nitrogens with zero attached hydrogens (tertiary/aromatic N) is 1. The molecule has 1 atom stereocenters. The first-order valence-corrected chi connectivity index (χ1v) is 9.15. The van der Waals surface area contributed by atoms with Gasteiger partial charge in [-0.15, -0.1) is 0 Å². The van der Waals surface area contributed by atoms with Gasteiger partial charge in [-0.05, 0) is 61.5 Å². The van der Waals surface area contributed by atoms with Crippen molar-refractivity contribution >= 4 is 46.9 Å². The van der Waals surface area contributed by atoms with E-state index >= 15 is 0 Å². The summed E-state index contributed by atoms with van der Waals surface area (Å²) in [4.78, 5) is 37.5. The van der Waals surface area contributed by atoms with E-state index in [0.717, 1.165) is 5.56 Å². The molecule has 1 saturated heterocycles. The van der Waals surface area contributed by atoms with Crippen molar-refractivity contribution in [2.75, 3.05) is 4.90 Å². The maximum absolute atomic E-state index is 13.0. The molecule has 0 radical (unpaired) electrons. The van der Waals surface area contributed by atoms with E-state index in [1.165, 1.54) is 17.9 Å². The number of thiocarbonyl (C=S) groups is 1. The van der Waals surface area contributed by atoms with Gasteiger partial charge < -0.3 is 9.84 Å². The highest BCUT2D eigenvalue weighted by Gasteiger charge is 2.34. The normalized spacial score (nSPS) is 16.6. The van der Waals surface area contributed by atoms with E-state index in [1.807, 2.05) is 19.1 Å². The molecule has 0 unspecified atom stereocenters. The lowest BCUT2D eigenvalue weighted by molar-refractivity contribution is -0.144. The van der Waals surface area contributed by atoms with Crippen molar-refractivity contribution in [3.8, 4) is 5.75 Å². The van der Waals surface area contributed by atoms with E-state index in [1.54, 1.807) is 36.4 Å². The highest BCUT2D eigenvalue weighted by molar-refractivity contribution is 7.80. The second-order valence-electron chi connectivity index (χ2n) is 6.41. The standard InChI is InChI=1S/C21H18N2O5S/c1-12-5-3-4-6-17(12)23-19(25)16(18(24)22-21(23)29)11-14-7-9-15(10-8-14)28-13(2)20(26)27/h3-11,13H,1-2H3,(H,26,27)(H,22,24,29)/b16-11-/t13-/m1/s1. The van der Waals surface area contributed by atoms with Crippen molar-refractivity contribution < 1.29 is 24.2 Å². The van der Waals surface area contributed by atoms with Crippen molar-refractivity contribution in [1.29, 1.82) is 0 Å². The number of carboxylic acid groups (broad SMARTS) is 1. The number of ether oxygens (including phenoxy) is 1. The molecule has 2 aromatic carbocycles. The molecular weight excluding hydrogens is 392 g/mol. The largest absolute Gasteiger partial charge is 0.479 e. The average Bonchev–Trinajstić information content (AvgIpc) is 2.67. The number of rotatable bonds is 5. The number of aliphatic carboxylic acids is 1. The predicted octanol–water partition coefficient (Wildman–Crippen LogP) is 2.68. The first-order valence-electron chi connectivity index (χ1n) is 8.74. The maximum atomic E-state index is 13.0. The fourth-order valence-electron chi connectivity index (χ4n) is 2.75. The van der Waals surface area contributed by atoms with Crippen LogP contribution in [0.3, 0.4) is 0 Å². The lowest BCUT2D eigenvalue weighted by Gasteiger charge is -2.30. The fourth-order valence-corrected chi connectivity index (χ4v) is 3.03. The molecule has 0 spiro atoms. The van der Waals surface area contributed by atoms with Crippen molar-refractivity contribution in [1.82, 2.24) is 5.32 Å². The van der Waals surface area contributed by atoms with E-state index in [0.29, 0.717) is 17.0 Å². The molecule has 1 aliphatic rings. The van der Waals surface area contributed by atoms with Gasteiger partial charge in [0.2, 0.25) is 0 Å². The number of aryl methyl sites for hydroxylation is 1. The Labute approximate surface area is 172 Å². The molecule has 2 N–H and O–H groups in total. The lowest BCUT2D eigenvalue weighted by Crippen LogP contribution is -2.54. The molecule has 0 aromatic heterocycles. The summed E-state index contributed by atoms with van der Waals surface area (Å²) in [5, 5.41) is 11.5. The molecule has 0 saturated carbocycles. The average molecular weight is 410 g/mol. The van der Waals surface area contributed by atoms with E-state index in [9.17, 15) is 14.4 Å². The lowest BCUT2D eigenvalue weighted by atomic mass is 10.1. The van der Waals surface area contributed by atoms with E-state index in [2.05, 4.69) is 5.32 Å². The fraction of sp³-hybridized carbons (Fsp3) is 0.143. The van der Waals surface area contributed by atoms with Crippen molar-refractivity contribution in [3.05, 3.63) is 65.2 Å². The zero-order valence-electron chi connectivity index (χ0n) is 15.7. The third-order valence-electron chi connectivity index (χ3n) is 4.31. The smallest absolute Gasteiger partial charge is 0.344 e. The minimum Gasteiger partial charge on any atom is -0.479 e. The third kappa shape index (κ3) is 4.33. The van der Waals surface area contributed by atoms with Crippen LogP contribution in [0, 0.1) is 6.92 Å². The van der Waals surface area contributed by atoms with Gasteiger partial charge in [-0.25, -0.2) is 4.79 Å². The quantitative estimate of drug-likeness (QED) is 0.447. The van der Waals surface area contributed by atoms with Crippen LogP contribution in [0.1, 0.15) is 18.1 Å². The van der Waals surface area contributed by atoms with Crippen LogP contribution < -0.4 is 15.0 Å². The highest BCUT2D eigenvalue weighted by Crippen LogP contribution is 2.25. The Kier molecular flexibility index (Phi) is 5.74. The summed E-state index contributed by atoms with van der Waals surface area (Å²) < 4.78 is 5.27. The number of hydrogen-bond acceptors (Lipinski definition) is 5. The summed E-state index contributed by atoms with van der Waals surface area (Å²) in [6.45, 7) is 3.27. The van der Waals surface area contributed by atoms with Crippen LogP contribution in [0.2, 0.25) is 0 Å². The number of carbonyl (C=O) groups excluding carboxylic acids is 2. The molecule has 1 aliphatic heterocycles. The molecule has 148 valence electrons. The van der Waals surface area contributed by atoms with Gasteiger partial charge in [-0.2, -0.15) is 0 Å². The summed E-state index contributed by atoms with van der Waals surface area (Å²) in [6, 6.07) is 13.6. The summed E-state index contributed by atoms with van der Waals surface area (Å²) in [6.07, 6.45) is 0.461. The van der Waals surface area contributed by atoms with Crippen LogP contribution in [-0.4, -0.2) is 34.1 Å². The minimum atomic E-state index is -1.08. The van der Waals surface area contributed by atoms with Gasteiger partial charge in [0.05, 0.1) is 5.69 Å². The van der Waals surface area contributed by atoms with Crippen molar-refractivity contribution in [2.45, 2.75) is 20.0 Å². The van der Waals surface area contributed by atoms with Crippen LogP contribution in [-0.2, 0) is 14.4 Å². The first kappa shape index (κ1) is 20.2. The second-order valence-corrected chi connectivity index (χ2v) is 6.80. The van der Waals surface area contributed by atoms with Crippen LogP contribution in [0.15, 0.2) is 54.1 Å². The first-order chi connectivity index (χ1) is 13.8. The van der Waals surface area contributed by atoms with Gasteiger partial charge in [0, 0.05) is 0 Å².